The van der Waals surface area contributed by atoms with Crippen LogP contribution in [0.5, 0.6) is 0 Å². The van der Waals surface area contributed by atoms with Gasteiger partial charge in [0.25, 0.3) is 5.91 Å². The lowest BCUT2D eigenvalue weighted by atomic mass is 9.95. The Hall–Kier alpha value is -2.96. The number of hydrogen-bond acceptors (Lipinski definition) is 6. The van der Waals surface area contributed by atoms with Crippen LogP contribution in [0.15, 0.2) is 47.4 Å². The van der Waals surface area contributed by atoms with Gasteiger partial charge in [0, 0.05) is 18.5 Å². The third-order valence-electron chi connectivity index (χ3n) is 5.79. The van der Waals surface area contributed by atoms with Crippen LogP contribution in [0, 0.1) is 0 Å². The first-order chi connectivity index (χ1) is 16.0. The van der Waals surface area contributed by atoms with Gasteiger partial charge < -0.3 is 20.4 Å². The fourth-order valence-corrected chi connectivity index (χ4v) is 4.47. The summed E-state index contributed by atoms with van der Waals surface area (Å²) >= 11 is 0. The van der Waals surface area contributed by atoms with Gasteiger partial charge >= 0.3 is 6.18 Å². The number of nitrogens with zero attached hydrogens (tertiary/aromatic N) is 1. The molecule has 0 saturated carbocycles. The summed E-state index contributed by atoms with van der Waals surface area (Å²) in [6.45, 7) is 1.97. The molecule has 0 spiro atoms. The van der Waals surface area contributed by atoms with E-state index in [0.717, 1.165) is 18.4 Å². The maximum absolute atomic E-state index is 13.2. The molecule has 1 aliphatic heterocycles. The molecule has 0 aliphatic carbocycles. The number of benzene rings is 2. The smallest absolute Gasteiger partial charge is 0.393 e. The first-order valence-electron chi connectivity index (χ1n) is 10.5. The van der Waals surface area contributed by atoms with E-state index in [4.69, 9.17) is 0 Å². The van der Waals surface area contributed by atoms with Gasteiger partial charge in [0.1, 0.15) is 6.04 Å². The molecule has 3 atom stereocenters. The lowest BCUT2D eigenvalue weighted by Gasteiger charge is -2.27. The van der Waals surface area contributed by atoms with Crippen molar-refractivity contribution in [2.24, 2.45) is 0 Å². The third-order valence-corrected chi connectivity index (χ3v) is 6.91. The number of hydrogen-bond donors (Lipinski definition) is 3. The maximum Gasteiger partial charge on any atom is 0.421 e. The number of rotatable bonds is 6. The van der Waals surface area contributed by atoms with Gasteiger partial charge in [0.05, 0.1) is 17.4 Å². The van der Waals surface area contributed by atoms with Crippen LogP contribution >= 0.6 is 0 Å². The summed E-state index contributed by atoms with van der Waals surface area (Å²) in [6, 6.07) is 7.44. The second-order valence-corrected chi connectivity index (χ2v) is 10.8. The Kier molecular flexibility index (Phi) is 7.04. The molecular weight excluding hydrogens is 489 g/mol. The van der Waals surface area contributed by atoms with Gasteiger partial charge in [-0.1, -0.05) is 18.2 Å². The lowest BCUT2D eigenvalue weighted by molar-refractivity contribution is -0.258. The van der Waals surface area contributed by atoms with E-state index in [1.807, 2.05) is 0 Å². The Morgan fingerprint density at radius 3 is 2.29 bits per heavy atom. The Labute approximate surface area is 200 Å². The molecule has 1 heterocycles. The van der Waals surface area contributed by atoms with E-state index in [-0.39, 0.29) is 23.5 Å². The molecule has 2 amide bonds. The fraction of sp³-hybridized carbons (Fsp3) is 0.391. The summed E-state index contributed by atoms with van der Waals surface area (Å²) in [5.41, 5.74) is -2.53. The zero-order chi connectivity index (χ0) is 26.3. The van der Waals surface area contributed by atoms with E-state index in [0.29, 0.717) is 18.1 Å². The molecule has 2 unspecified atom stereocenters. The van der Waals surface area contributed by atoms with Crippen LogP contribution in [0.3, 0.4) is 0 Å². The molecule has 3 N–H and O–H groups in total. The molecule has 2 aromatic carbocycles. The number of aliphatic hydroxyl groups excluding tert-OH is 1. The van der Waals surface area contributed by atoms with Crippen LogP contribution in [-0.4, -0.2) is 53.9 Å². The Bertz CT molecular complexity index is 1240. The number of alkyl halides is 3. The van der Waals surface area contributed by atoms with E-state index in [9.17, 15) is 41.4 Å². The van der Waals surface area contributed by atoms with Crippen molar-refractivity contribution in [3.05, 3.63) is 59.2 Å². The molecular formula is C23H25F3N2O6S. The molecule has 8 nitrogen and oxygen atoms in total. The highest BCUT2D eigenvalue weighted by molar-refractivity contribution is 7.90. The third kappa shape index (κ3) is 5.49. The number of amides is 2. The molecule has 3 rings (SSSR count). The topological polar surface area (TPSA) is 124 Å². The molecule has 0 saturated heterocycles. The Morgan fingerprint density at radius 1 is 1.17 bits per heavy atom. The van der Waals surface area contributed by atoms with Crippen LogP contribution in [0.1, 0.15) is 43.0 Å². The van der Waals surface area contributed by atoms with Gasteiger partial charge in [0.15, 0.2) is 15.4 Å². The van der Waals surface area contributed by atoms with Gasteiger partial charge in [-0.2, -0.15) is 13.2 Å². The van der Waals surface area contributed by atoms with Crippen molar-refractivity contribution < 1.29 is 41.4 Å². The van der Waals surface area contributed by atoms with Crippen LogP contribution in [-0.2, 0) is 31.6 Å². The van der Waals surface area contributed by atoms with E-state index in [2.05, 4.69) is 5.32 Å². The van der Waals surface area contributed by atoms with Gasteiger partial charge in [0.2, 0.25) is 5.91 Å². The molecule has 12 heteroatoms. The quantitative estimate of drug-likeness (QED) is 0.545. The second kappa shape index (κ2) is 9.25. The summed E-state index contributed by atoms with van der Waals surface area (Å²) < 4.78 is 63.1. The molecule has 0 bridgehead atoms. The van der Waals surface area contributed by atoms with E-state index in [1.165, 1.54) is 42.2 Å². The van der Waals surface area contributed by atoms with Crippen LogP contribution < -0.4 is 5.32 Å². The molecule has 0 fully saturated rings. The molecule has 0 radical (unpaired) electrons. The highest BCUT2D eigenvalue weighted by Gasteiger charge is 2.51. The molecule has 1 aliphatic rings. The summed E-state index contributed by atoms with van der Waals surface area (Å²) in [4.78, 5) is 27.2. The van der Waals surface area contributed by atoms with Crippen molar-refractivity contribution in [3.63, 3.8) is 0 Å². The summed E-state index contributed by atoms with van der Waals surface area (Å²) in [5.74, 6) is -1.21. The molecule has 35 heavy (non-hydrogen) atoms. The first-order valence-corrected chi connectivity index (χ1v) is 12.4. The minimum atomic E-state index is -4.90. The summed E-state index contributed by atoms with van der Waals surface area (Å²) in [7, 11) is -3.54. The largest absolute Gasteiger partial charge is 0.421 e. The number of carbonyl (C=O) groups is 2. The second-order valence-electron chi connectivity index (χ2n) is 8.75. The fourth-order valence-electron chi connectivity index (χ4n) is 3.80. The van der Waals surface area contributed by atoms with Crippen molar-refractivity contribution in [1.29, 1.82) is 0 Å². The average Bonchev–Trinajstić information content (AvgIpc) is 3.11. The van der Waals surface area contributed by atoms with Crippen LogP contribution in [0.25, 0.3) is 0 Å². The number of anilines is 1. The highest BCUT2D eigenvalue weighted by Crippen LogP contribution is 2.39. The van der Waals surface area contributed by atoms with Gasteiger partial charge in [-0.05, 0) is 54.8 Å². The number of halogens is 3. The highest BCUT2D eigenvalue weighted by atomic mass is 32.2. The zero-order valence-electron chi connectivity index (χ0n) is 19.1. The summed E-state index contributed by atoms with van der Waals surface area (Å²) in [5, 5.41) is 22.0. The van der Waals surface area contributed by atoms with Crippen molar-refractivity contribution in [3.8, 4) is 0 Å². The SMILES string of the molecule is C[C@H](O)CC(=O)N1Cc2cc(S(C)(=O)=O)ccc2C1C(=O)Nc1ccc(C(C)(O)C(F)(F)F)cc1. The summed E-state index contributed by atoms with van der Waals surface area (Å²) in [6.07, 6.45) is -5.11. The predicted molar refractivity (Wildman–Crippen MR) is 120 cm³/mol. The van der Waals surface area contributed by atoms with Gasteiger partial charge in [-0.25, -0.2) is 8.42 Å². The van der Waals surface area contributed by atoms with E-state index in [1.54, 1.807) is 0 Å². The maximum atomic E-state index is 13.2. The molecule has 190 valence electrons. The Balaban J connectivity index is 1.92. The number of aliphatic hydroxyl groups is 2. The van der Waals surface area contributed by atoms with Crippen molar-refractivity contribution in [2.75, 3.05) is 11.6 Å². The predicted octanol–water partition coefficient (Wildman–Crippen LogP) is 2.65. The molecule has 0 aromatic heterocycles. The number of nitrogens with one attached hydrogen (secondary N) is 1. The van der Waals surface area contributed by atoms with Crippen LogP contribution in [0.4, 0.5) is 18.9 Å². The van der Waals surface area contributed by atoms with Crippen molar-refractivity contribution >= 4 is 27.3 Å². The zero-order valence-corrected chi connectivity index (χ0v) is 19.9. The van der Waals surface area contributed by atoms with Crippen molar-refractivity contribution in [1.82, 2.24) is 4.90 Å². The minimum absolute atomic E-state index is 0.0209. The molecule has 2 aromatic rings. The standard InChI is InChI=1S/C23H25F3N2O6S/c1-13(29)10-19(30)28-12-14-11-17(35(3,33)34)8-9-18(14)20(28)21(31)27-16-6-4-15(5-7-16)22(2,32)23(24,25)26/h4-9,11,13,20,29,32H,10,12H2,1-3H3,(H,27,31)/t13-,20?,22?/m0/s1. The number of carbonyl (C=O) groups excluding carboxylic acids is 2. The lowest BCUT2D eigenvalue weighted by Crippen LogP contribution is -2.39. The normalized spacial score (nSPS) is 18.5. The monoisotopic (exact) mass is 514 g/mol. The first kappa shape index (κ1) is 26.6. The van der Waals surface area contributed by atoms with Gasteiger partial charge in [-0.15, -0.1) is 0 Å². The van der Waals surface area contributed by atoms with Crippen LogP contribution in [0.2, 0.25) is 0 Å². The van der Waals surface area contributed by atoms with E-state index < -0.39 is 51.1 Å². The Morgan fingerprint density at radius 2 is 1.77 bits per heavy atom. The van der Waals surface area contributed by atoms with Crippen molar-refractivity contribution in [2.45, 2.75) is 55.6 Å². The number of sulfone groups is 1. The average molecular weight is 515 g/mol. The van der Waals surface area contributed by atoms with Gasteiger partial charge in [-0.3, -0.25) is 9.59 Å². The van der Waals surface area contributed by atoms with E-state index >= 15 is 0 Å². The minimum Gasteiger partial charge on any atom is -0.393 e. The number of fused-ring (bicyclic) bond motifs is 1.